The van der Waals surface area contributed by atoms with Crippen LogP contribution >= 0.6 is 0 Å². The Bertz CT molecular complexity index is 271. The van der Waals surface area contributed by atoms with Gasteiger partial charge in [-0.15, -0.1) is 0 Å². The maximum atomic E-state index is 12.1. The Balaban J connectivity index is 1.85. The van der Waals surface area contributed by atoms with E-state index in [0.29, 0.717) is 26.3 Å². The van der Waals surface area contributed by atoms with E-state index in [1.807, 2.05) is 0 Å². The second-order valence-corrected chi connectivity index (χ2v) is 5.21. The normalized spacial score (nSPS) is 28.0. The molecule has 1 saturated carbocycles. The van der Waals surface area contributed by atoms with Crippen molar-refractivity contribution in [2.45, 2.75) is 37.3 Å². The van der Waals surface area contributed by atoms with Gasteiger partial charge in [-0.2, -0.15) is 0 Å². The van der Waals surface area contributed by atoms with E-state index in [1.165, 1.54) is 0 Å². The third-order valence-electron chi connectivity index (χ3n) is 3.66. The minimum Gasteiger partial charge on any atom is -0.388 e. The zero-order chi connectivity index (χ0) is 12.3. The van der Waals surface area contributed by atoms with Crippen LogP contribution in [0.15, 0.2) is 0 Å². The van der Waals surface area contributed by atoms with Crippen molar-refractivity contribution >= 4 is 5.91 Å². The van der Waals surface area contributed by atoms with Gasteiger partial charge >= 0.3 is 0 Å². The number of ether oxygens (including phenoxy) is 1. The highest BCUT2D eigenvalue weighted by Crippen LogP contribution is 2.29. The van der Waals surface area contributed by atoms with Crippen molar-refractivity contribution in [3.63, 3.8) is 0 Å². The van der Waals surface area contributed by atoms with Gasteiger partial charge in [0.2, 0.25) is 5.91 Å². The molecule has 5 heteroatoms. The van der Waals surface area contributed by atoms with E-state index in [2.05, 4.69) is 5.32 Å². The standard InChI is InChI=1S/C12H22N2O3/c1-14(9-12(16)4-2-3-5-12)11(15)10-8-17-7-6-13-10/h10,13,16H,2-9H2,1H3. The number of carbonyl (C=O) groups is 1. The van der Waals surface area contributed by atoms with Crippen molar-refractivity contribution in [2.75, 3.05) is 33.4 Å². The van der Waals surface area contributed by atoms with Crippen LogP contribution < -0.4 is 5.32 Å². The zero-order valence-corrected chi connectivity index (χ0v) is 10.4. The van der Waals surface area contributed by atoms with Crippen LogP contribution in [-0.2, 0) is 9.53 Å². The maximum Gasteiger partial charge on any atom is 0.241 e. The van der Waals surface area contributed by atoms with E-state index in [4.69, 9.17) is 4.74 Å². The molecular weight excluding hydrogens is 220 g/mol. The largest absolute Gasteiger partial charge is 0.388 e. The van der Waals surface area contributed by atoms with E-state index < -0.39 is 5.60 Å². The van der Waals surface area contributed by atoms with Gasteiger partial charge in [0.15, 0.2) is 0 Å². The molecule has 2 aliphatic rings. The minimum absolute atomic E-state index is 0.0185. The number of nitrogens with one attached hydrogen (secondary N) is 1. The van der Waals surface area contributed by atoms with Gasteiger partial charge in [-0.25, -0.2) is 0 Å². The fraction of sp³-hybridized carbons (Fsp3) is 0.917. The number of morpholine rings is 1. The van der Waals surface area contributed by atoms with Crippen molar-refractivity contribution in [2.24, 2.45) is 0 Å². The number of hydrogen-bond acceptors (Lipinski definition) is 4. The molecule has 1 unspecified atom stereocenters. The second kappa shape index (κ2) is 5.33. The van der Waals surface area contributed by atoms with Crippen molar-refractivity contribution in [1.29, 1.82) is 0 Å². The summed E-state index contributed by atoms with van der Waals surface area (Å²) in [6.45, 7) is 2.25. The Morgan fingerprint density at radius 2 is 2.24 bits per heavy atom. The number of aliphatic hydroxyl groups is 1. The van der Waals surface area contributed by atoms with E-state index in [-0.39, 0.29) is 11.9 Å². The Labute approximate surface area is 102 Å². The summed E-state index contributed by atoms with van der Waals surface area (Å²) in [5.74, 6) is 0.0185. The molecule has 2 rings (SSSR count). The molecule has 0 aromatic heterocycles. The number of hydrogen-bond donors (Lipinski definition) is 2. The van der Waals surface area contributed by atoms with Crippen LogP contribution in [0.1, 0.15) is 25.7 Å². The average Bonchev–Trinajstić information content (AvgIpc) is 2.76. The Hall–Kier alpha value is -0.650. The molecule has 2 N–H and O–H groups in total. The van der Waals surface area contributed by atoms with Crippen LogP contribution in [0.2, 0.25) is 0 Å². The molecule has 5 nitrogen and oxygen atoms in total. The lowest BCUT2D eigenvalue weighted by atomic mass is 10.0. The van der Waals surface area contributed by atoms with Crippen molar-refractivity contribution in [3.05, 3.63) is 0 Å². The molecule has 17 heavy (non-hydrogen) atoms. The minimum atomic E-state index is -0.667. The lowest BCUT2D eigenvalue weighted by Crippen LogP contribution is -2.54. The maximum absolute atomic E-state index is 12.1. The summed E-state index contributed by atoms with van der Waals surface area (Å²) in [6, 6.07) is -0.251. The summed E-state index contributed by atoms with van der Waals surface area (Å²) >= 11 is 0. The second-order valence-electron chi connectivity index (χ2n) is 5.21. The monoisotopic (exact) mass is 242 g/mol. The van der Waals surface area contributed by atoms with Crippen LogP contribution in [0, 0.1) is 0 Å². The van der Waals surface area contributed by atoms with Gasteiger partial charge in [0.05, 0.1) is 18.8 Å². The van der Waals surface area contributed by atoms with Crippen molar-refractivity contribution in [3.8, 4) is 0 Å². The van der Waals surface area contributed by atoms with Gasteiger partial charge in [-0.1, -0.05) is 12.8 Å². The molecule has 1 atom stereocenters. The summed E-state index contributed by atoms with van der Waals surface area (Å²) in [7, 11) is 1.76. The molecule has 2 fully saturated rings. The van der Waals surface area contributed by atoms with Gasteiger partial charge in [-0.3, -0.25) is 4.79 Å². The highest BCUT2D eigenvalue weighted by atomic mass is 16.5. The number of carbonyl (C=O) groups excluding carboxylic acids is 1. The molecule has 0 aromatic carbocycles. The Morgan fingerprint density at radius 1 is 1.53 bits per heavy atom. The molecular formula is C12H22N2O3. The number of rotatable bonds is 3. The number of nitrogens with zero attached hydrogens (tertiary/aromatic N) is 1. The fourth-order valence-corrected chi connectivity index (χ4v) is 2.70. The zero-order valence-electron chi connectivity index (χ0n) is 10.4. The molecule has 0 bridgehead atoms. The first-order chi connectivity index (χ1) is 8.11. The molecule has 0 aromatic rings. The van der Waals surface area contributed by atoms with Crippen LogP contribution in [-0.4, -0.2) is 60.9 Å². The topological polar surface area (TPSA) is 61.8 Å². The molecule has 1 saturated heterocycles. The molecule has 1 aliphatic heterocycles. The van der Waals surface area contributed by atoms with Gasteiger partial charge < -0.3 is 20.1 Å². The van der Waals surface area contributed by atoms with Gasteiger partial charge in [-0.05, 0) is 12.8 Å². The van der Waals surface area contributed by atoms with E-state index in [0.717, 1.165) is 25.7 Å². The first-order valence-electron chi connectivity index (χ1n) is 6.39. The van der Waals surface area contributed by atoms with E-state index >= 15 is 0 Å². The van der Waals surface area contributed by atoms with E-state index in [9.17, 15) is 9.90 Å². The first-order valence-corrected chi connectivity index (χ1v) is 6.39. The summed E-state index contributed by atoms with van der Waals surface area (Å²) in [5.41, 5.74) is -0.667. The van der Waals surface area contributed by atoms with Gasteiger partial charge in [0, 0.05) is 20.1 Å². The van der Waals surface area contributed by atoms with Crippen LogP contribution in [0.3, 0.4) is 0 Å². The first kappa shape index (κ1) is 12.8. The van der Waals surface area contributed by atoms with Crippen molar-refractivity contribution < 1.29 is 14.6 Å². The summed E-state index contributed by atoms with van der Waals surface area (Å²) in [4.78, 5) is 13.7. The molecule has 98 valence electrons. The summed E-state index contributed by atoms with van der Waals surface area (Å²) < 4.78 is 5.28. The lowest BCUT2D eigenvalue weighted by molar-refractivity contribution is -0.138. The Kier molecular flexibility index (Phi) is 4.01. The van der Waals surface area contributed by atoms with Crippen LogP contribution in [0.4, 0.5) is 0 Å². The molecule has 1 aliphatic carbocycles. The van der Waals surface area contributed by atoms with Gasteiger partial charge in [0.1, 0.15) is 6.04 Å². The molecule has 0 spiro atoms. The van der Waals surface area contributed by atoms with E-state index in [1.54, 1.807) is 11.9 Å². The molecule has 1 amide bonds. The quantitative estimate of drug-likeness (QED) is 0.716. The predicted molar refractivity (Wildman–Crippen MR) is 63.7 cm³/mol. The third-order valence-corrected chi connectivity index (χ3v) is 3.66. The van der Waals surface area contributed by atoms with Crippen LogP contribution in [0.25, 0.3) is 0 Å². The van der Waals surface area contributed by atoms with Crippen LogP contribution in [0.5, 0.6) is 0 Å². The highest BCUT2D eigenvalue weighted by molar-refractivity contribution is 5.82. The number of likely N-dealkylation sites (N-methyl/N-ethyl adjacent to an activating group) is 1. The molecule has 1 heterocycles. The average molecular weight is 242 g/mol. The smallest absolute Gasteiger partial charge is 0.241 e. The SMILES string of the molecule is CN(CC1(O)CCCC1)C(=O)C1COCCN1. The Morgan fingerprint density at radius 3 is 2.82 bits per heavy atom. The summed E-state index contributed by atoms with van der Waals surface area (Å²) in [6.07, 6.45) is 3.73. The summed E-state index contributed by atoms with van der Waals surface area (Å²) in [5, 5.41) is 13.4. The number of amides is 1. The highest BCUT2D eigenvalue weighted by Gasteiger charge is 2.35. The lowest BCUT2D eigenvalue weighted by Gasteiger charge is -2.32. The third kappa shape index (κ3) is 3.18. The molecule has 0 radical (unpaired) electrons. The predicted octanol–water partition coefficient (Wildman–Crippen LogP) is -0.262. The van der Waals surface area contributed by atoms with Gasteiger partial charge in [0.25, 0.3) is 0 Å². The van der Waals surface area contributed by atoms with Crippen molar-refractivity contribution in [1.82, 2.24) is 10.2 Å². The fourth-order valence-electron chi connectivity index (χ4n) is 2.70.